The summed E-state index contributed by atoms with van der Waals surface area (Å²) >= 11 is 0. The van der Waals surface area contributed by atoms with Gasteiger partial charge < -0.3 is 10.2 Å². The van der Waals surface area contributed by atoms with E-state index in [1.54, 1.807) is 0 Å². The number of nitrogens with one attached hydrogen (secondary N) is 1. The van der Waals surface area contributed by atoms with Crippen molar-refractivity contribution < 1.29 is 0 Å². The summed E-state index contributed by atoms with van der Waals surface area (Å²) in [4.78, 5) is 2.68. The molecule has 0 radical (unpaired) electrons. The van der Waals surface area contributed by atoms with E-state index in [1.165, 1.54) is 45.3 Å². The molecule has 1 N–H and O–H groups in total. The minimum Gasteiger partial charge on any atom is -0.312 e. The fraction of sp³-hybridized carbons (Fsp3) is 1.00. The lowest BCUT2D eigenvalue weighted by atomic mass is 9.85. The van der Waals surface area contributed by atoms with Crippen molar-refractivity contribution in [3.8, 4) is 0 Å². The van der Waals surface area contributed by atoms with Gasteiger partial charge in [-0.15, -0.1) is 0 Å². The molecule has 1 heterocycles. The van der Waals surface area contributed by atoms with E-state index in [0.717, 1.165) is 12.5 Å². The lowest BCUT2D eigenvalue weighted by Gasteiger charge is -2.30. The van der Waals surface area contributed by atoms with Gasteiger partial charge in [0.05, 0.1) is 0 Å². The largest absolute Gasteiger partial charge is 0.312 e. The van der Waals surface area contributed by atoms with Gasteiger partial charge in [0.15, 0.2) is 0 Å². The van der Waals surface area contributed by atoms with Crippen LogP contribution in [0.1, 0.15) is 60.3 Å². The highest BCUT2D eigenvalue weighted by molar-refractivity contribution is 4.80. The van der Waals surface area contributed by atoms with Gasteiger partial charge in [-0.3, -0.25) is 0 Å². The van der Waals surface area contributed by atoms with Crippen LogP contribution in [0, 0.1) is 11.3 Å². The molecule has 1 rings (SSSR count). The fourth-order valence-electron chi connectivity index (χ4n) is 2.78. The van der Waals surface area contributed by atoms with Gasteiger partial charge in [0.2, 0.25) is 0 Å². The van der Waals surface area contributed by atoms with Crippen molar-refractivity contribution >= 4 is 0 Å². The Balaban J connectivity index is 2.43. The zero-order valence-electron chi connectivity index (χ0n) is 13.3. The standard InChI is InChI=1S/C16H34N2/c1-6-10-17-15(14(2)3)13-18-11-7-8-16(4,5)9-12-18/h14-15,17H,6-13H2,1-5H3. The maximum absolute atomic E-state index is 3.72. The van der Waals surface area contributed by atoms with Gasteiger partial charge in [0, 0.05) is 12.6 Å². The minimum absolute atomic E-state index is 0.554. The van der Waals surface area contributed by atoms with Crippen LogP contribution in [0.2, 0.25) is 0 Å². The van der Waals surface area contributed by atoms with Gasteiger partial charge >= 0.3 is 0 Å². The van der Waals surface area contributed by atoms with Crippen LogP contribution in [0.5, 0.6) is 0 Å². The molecule has 1 fully saturated rings. The minimum atomic E-state index is 0.554. The highest BCUT2D eigenvalue weighted by Crippen LogP contribution is 2.29. The highest BCUT2D eigenvalue weighted by atomic mass is 15.1. The van der Waals surface area contributed by atoms with Crippen molar-refractivity contribution in [1.29, 1.82) is 0 Å². The molecule has 1 saturated heterocycles. The Kier molecular flexibility index (Phi) is 6.65. The van der Waals surface area contributed by atoms with Crippen molar-refractivity contribution in [3.63, 3.8) is 0 Å². The molecule has 0 aliphatic carbocycles. The number of nitrogens with zero attached hydrogens (tertiary/aromatic N) is 1. The number of rotatable bonds is 6. The lowest BCUT2D eigenvalue weighted by molar-refractivity contribution is 0.215. The Morgan fingerprint density at radius 3 is 2.50 bits per heavy atom. The molecule has 1 unspecified atom stereocenters. The zero-order chi connectivity index (χ0) is 13.6. The summed E-state index contributed by atoms with van der Waals surface area (Å²) in [6.45, 7) is 16.7. The van der Waals surface area contributed by atoms with Gasteiger partial charge in [0.1, 0.15) is 0 Å². The van der Waals surface area contributed by atoms with Crippen molar-refractivity contribution in [1.82, 2.24) is 10.2 Å². The molecule has 0 aromatic carbocycles. The van der Waals surface area contributed by atoms with Crippen LogP contribution >= 0.6 is 0 Å². The lowest BCUT2D eigenvalue weighted by Crippen LogP contribution is -2.45. The van der Waals surface area contributed by atoms with Gasteiger partial charge in [-0.1, -0.05) is 34.6 Å². The first kappa shape index (κ1) is 16.0. The molecule has 0 aromatic rings. The van der Waals surface area contributed by atoms with Crippen LogP contribution in [0.15, 0.2) is 0 Å². The molecule has 1 aliphatic heterocycles. The van der Waals surface area contributed by atoms with Crippen molar-refractivity contribution in [2.24, 2.45) is 11.3 Å². The maximum atomic E-state index is 3.72. The van der Waals surface area contributed by atoms with E-state index in [-0.39, 0.29) is 0 Å². The van der Waals surface area contributed by atoms with E-state index >= 15 is 0 Å². The monoisotopic (exact) mass is 254 g/mol. The fourth-order valence-corrected chi connectivity index (χ4v) is 2.78. The predicted molar refractivity (Wildman–Crippen MR) is 81.0 cm³/mol. The first-order valence-corrected chi connectivity index (χ1v) is 7.90. The molecule has 2 heteroatoms. The van der Waals surface area contributed by atoms with Crippen molar-refractivity contribution in [3.05, 3.63) is 0 Å². The quantitative estimate of drug-likeness (QED) is 0.780. The third-order valence-corrected chi connectivity index (χ3v) is 4.35. The van der Waals surface area contributed by atoms with Crippen LogP contribution < -0.4 is 5.32 Å². The van der Waals surface area contributed by atoms with Gasteiger partial charge in [-0.05, 0) is 56.7 Å². The molecule has 0 bridgehead atoms. The summed E-state index contributed by atoms with van der Waals surface area (Å²) < 4.78 is 0. The summed E-state index contributed by atoms with van der Waals surface area (Å²) in [7, 11) is 0. The molecule has 2 nitrogen and oxygen atoms in total. The molecule has 1 atom stereocenters. The van der Waals surface area contributed by atoms with Crippen LogP contribution in [-0.2, 0) is 0 Å². The zero-order valence-corrected chi connectivity index (χ0v) is 13.3. The SMILES string of the molecule is CCCNC(CN1CCCC(C)(C)CC1)C(C)C. The Morgan fingerprint density at radius 1 is 1.17 bits per heavy atom. The maximum Gasteiger partial charge on any atom is 0.0217 e. The van der Waals surface area contributed by atoms with E-state index < -0.39 is 0 Å². The molecule has 108 valence electrons. The second kappa shape index (κ2) is 7.49. The molecule has 18 heavy (non-hydrogen) atoms. The molecule has 1 aliphatic rings. The van der Waals surface area contributed by atoms with E-state index in [4.69, 9.17) is 0 Å². The second-order valence-corrected chi connectivity index (χ2v) is 7.12. The van der Waals surface area contributed by atoms with E-state index in [9.17, 15) is 0 Å². The summed E-state index contributed by atoms with van der Waals surface area (Å²) in [5.74, 6) is 0.729. The third kappa shape index (κ3) is 5.71. The summed E-state index contributed by atoms with van der Waals surface area (Å²) in [5.41, 5.74) is 0.554. The third-order valence-electron chi connectivity index (χ3n) is 4.35. The topological polar surface area (TPSA) is 15.3 Å². The summed E-state index contributed by atoms with van der Waals surface area (Å²) in [6.07, 6.45) is 5.34. The van der Waals surface area contributed by atoms with Gasteiger partial charge in [-0.2, -0.15) is 0 Å². The molecule has 0 aromatic heterocycles. The van der Waals surface area contributed by atoms with Crippen LogP contribution in [-0.4, -0.2) is 37.1 Å². The average Bonchev–Trinajstić information content (AvgIpc) is 2.45. The van der Waals surface area contributed by atoms with E-state index in [0.29, 0.717) is 11.5 Å². The molecular weight excluding hydrogens is 220 g/mol. The molecule has 0 spiro atoms. The van der Waals surface area contributed by atoms with Gasteiger partial charge in [0.25, 0.3) is 0 Å². The van der Waals surface area contributed by atoms with E-state index in [1.807, 2.05) is 0 Å². The first-order valence-electron chi connectivity index (χ1n) is 7.90. The number of hydrogen-bond acceptors (Lipinski definition) is 2. The van der Waals surface area contributed by atoms with E-state index in [2.05, 4.69) is 44.8 Å². The number of likely N-dealkylation sites (tertiary alicyclic amines) is 1. The first-order chi connectivity index (χ1) is 8.44. The van der Waals surface area contributed by atoms with Crippen molar-refractivity contribution in [2.45, 2.75) is 66.3 Å². The van der Waals surface area contributed by atoms with Gasteiger partial charge in [-0.25, -0.2) is 0 Å². The van der Waals surface area contributed by atoms with Crippen LogP contribution in [0.25, 0.3) is 0 Å². The molecular formula is C16H34N2. The summed E-state index contributed by atoms with van der Waals surface area (Å²) in [6, 6.07) is 0.658. The Morgan fingerprint density at radius 2 is 1.89 bits per heavy atom. The Hall–Kier alpha value is -0.0800. The summed E-state index contributed by atoms with van der Waals surface area (Å²) in [5, 5.41) is 3.72. The Bertz CT molecular complexity index is 223. The Labute approximate surface area is 115 Å². The van der Waals surface area contributed by atoms with Crippen LogP contribution in [0.4, 0.5) is 0 Å². The average molecular weight is 254 g/mol. The normalized spacial score (nSPS) is 23.0. The van der Waals surface area contributed by atoms with Crippen LogP contribution in [0.3, 0.4) is 0 Å². The highest BCUT2D eigenvalue weighted by Gasteiger charge is 2.24. The molecule has 0 saturated carbocycles. The smallest absolute Gasteiger partial charge is 0.0217 e. The van der Waals surface area contributed by atoms with Crippen molar-refractivity contribution in [2.75, 3.05) is 26.2 Å². The predicted octanol–water partition coefficient (Wildman–Crippen LogP) is 3.52. The number of hydrogen-bond donors (Lipinski definition) is 1. The second-order valence-electron chi connectivity index (χ2n) is 7.12. The molecule has 0 amide bonds.